The van der Waals surface area contributed by atoms with Crippen LogP contribution in [0.15, 0.2) is 40.2 Å². The highest BCUT2D eigenvalue weighted by Crippen LogP contribution is 2.16. The monoisotopic (exact) mass is 407 g/mol. The number of hydrogen-bond acceptors (Lipinski definition) is 5. The molecule has 0 unspecified atom stereocenters. The Bertz CT molecular complexity index is 1160. The van der Waals surface area contributed by atoms with Crippen LogP contribution in [0.2, 0.25) is 0 Å². The van der Waals surface area contributed by atoms with Crippen LogP contribution in [0.1, 0.15) is 5.56 Å². The van der Waals surface area contributed by atoms with Crippen molar-refractivity contribution in [2.24, 2.45) is 14.1 Å². The average Bonchev–Trinajstić information content (AvgIpc) is 3.09. The van der Waals surface area contributed by atoms with Crippen LogP contribution in [-0.4, -0.2) is 43.2 Å². The van der Waals surface area contributed by atoms with Crippen LogP contribution in [0.3, 0.4) is 0 Å². The lowest BCUT2D eigenvalue weighted by atomic mass is 10.2. The lowest BCUT2D eigenvalue weighted by Crippen LogP contribution is -2.38. The van der Waals surface area contributed by atoms with E-state index in [1.54, 1.807) is 19.2 Å². The lowest BCUT2D eigenvalue weighted by molar-refractivity contribution is -0.131. The van der Waals surface area contributed by atoms with Gasteiger partial charge in [-0.3, -0.25) is 18.7 Å². The van der Waals surface area contributed by atoms with E-state index in [9.17, 15) is 23.2 Å². The highest BCUT2D eigenvalue weighted by Gasteiger charge is 2.17. The molecule has 0 aliphatic heterocycles. The molecule has 0 saturated carbocycles. The number of carbonyl (C=O) groups excluding carboxylic acids is 1. The van der Waals surface area contributed by atoms with E-state index in [1.165, 1.54) is 46.6 Å². The van der Waals surface area contributed by atoms with Crippen LogP contribution in [0.5, 0.6) is 5.75 Å². The smallest absolute Gasteiger partial charge is 0.387 e. The highest BCUT2D eigenvalue weighted by atomic mass is 19.3. The molecule has 29 heavy (non-hydrogen) atoms. The number of aromatic nitrogens is 4. The minimum atomic E-state index is -2.90. The Morgan fingerprint density at radius 1 is 1.17 bits per heavy atom. The van der Waals surface area contributed by atoms with Gasteiger partial charge in [-0.2, -0.15) is 8.78 Å². The van der Waals surface area contributed by atoms with Crippen molar-refractivity contribution in [2.75, 3.05) is 7.05 Å². The number of rotatable bonds is 6. The van der Waals surface area contributed by atoms with Gasteiger partial charge in [0.2, 0.25) is 5.91 Å². The molecular weight excluding hydrogens is 388 g/mol. The Kier molecular flexibility index (Phi) is 5.48. The van der Waals surface area contributed by atoms with Gasteiger partial charge < -0.3 is 14.2 Å². The number of aryl methyl sites for hydroxylation is 1. The molecule has 0 aliphatic carbocycles. The van der Waals surface area contributed by atoms with Crippen molar-refractivity contribution >= 4 is 17.1 Å². The Hall–Kier alpha value is -3.50. The Labute approximate surface area is 163 Å². The second-order valence-electron chi connectivity index (χ2n) is 6.52. The van der Waals surface area contributed by atoms with E-state index in [2.05, 4.69) is 9.72 Å². The van der Waals surface area contributed by atoms with Gasteiger partial charge in [-0.15, -0.1) is 0 Å². The molecule has 2 heterocycles. The Morgan fingerprint density at radius 3 is 2.45 bits per heavy atom. The van der Waals surface area contributed by atoms with Gasteiger partial charge in [-0.25, -0.2) is 9.78 Å². The van der Waals surface area contributed by atoms with Crippen LogP contribution >= 0.6 is 0 Å². The molecule has 0 N–H and O–H groups in total. The number of fused-ring (bicyclic) bond motifs is 1. The van der Waals surface area contributed by atoms with E-state index in [0.29, 0.717) is 0 Å². The predicted molar refractivity (Wildman–Crippen MR) is 99.8 cm³/mol. The largest absolute Gasteiger partial charge is 0.435 e. The maximum Gasteiger partial charge on any atom is 0.387 e. The minimum absolute atomic E-state index is 0.0315. The first-order valence-electron chi connectivity index (χ1n) is 8.57. The van der Waals surface area contributed by atoms with Crippen LogP contribution in [0.4, 0.5) is 8.78 Å². The Balaban J connectivity index is 1.76. The van der Waals surface area contributed by atoms with Gasteiger partial charge in [0.1, 0.15) is 12.3 Å². The molecule has 2 aromatic heterocycles. The summed E-state index contributed by atoms with van der Waals surface area (Å²) in [6.45, 7) is -2.81. The maximum atomic E-state index is 12.6. The summed E-state index contributed by atoms with van der Waals surface area (Å²) < 4.78 is 32.3. The molecule has 0 radical (unpaired) electrons. The quantitative estimate of drug-likeness (QED) is 0.600. The number of likely N-dealkylation sites (N-methyl/N-ethyl adjacent to an activating group) is 1. The van der Waals surface area contributed by atoms with E-state index < -0.39 is 17.9 Å². The summed E-state index contributed by atoms with van der Waals surface area (Å²) in [6, 6.07) is 5.96. The van der Waals surface area contributed by atoms with Gasteiger partial charge in [0.25, 0.3) is 5.56 Å². The molecule has 3 aromatic rings. The molecule has 0 bridgehead atoms. The third-order valence-corrected chi connectivity index (χ3v) is 4.52. The van der Waals surface area contributed by atoms with Crippen molar-refractivity contribution in [3.05, 3.63) is 57.0 Å². The summed E-state index contributed by atoms with van der Waals surface area (Å²) in [5, 5.41) is 0. The number of benzene rings is 1. The summed E-state index contributed by atoms with van der Waals surface area (Å²) >= 11 is 0. The van der Waals surface area contributed by atoms with Gasteiger partial charge in [0, 0.05) is 27.7 Å². The molecule has 0 aliphatic rings. The van der Waals surface area contributed by atoms with Crippen molar-refractivity contribution in [1.29, 1.82) is 0 Å². The third-order valence-electron chi connectivity index (χ3n) is 4.52. The number of alkyl halides is 2. The minimum Gasteiger partial charge on any atom is -0.435 e. The van der Waals surface area contributed by atoms with Crippen molar-refractivity contribution in [2.45, 2.75) is 19.7 Å². The summed E-state index contributed by atoms with van der Waals surface area (Å²) in [4.78, 5) is 42.5. The van der Waals surface area contributed by atoms with Crippen molar-refractivity contribution in [3.63, 3.8) is 0 Å². The van der Waals surface area contributed by atoms with Crippen LogP contribution in [0.25, 0.3) is 11.2 Å². The summed E-state index contributed by atoms with van der Waals surface area (Å²) in [5.74, 6) is -0.266. The number of carbonyl (C=O) groups is 1. The molecule has 0 fully saturated rings. The van der Waals surface area contributed by atoms with Crippen LogP contribution in [-0.2, 0) is 32.0 Å². The van der Waals surface area contributed by atoms with E-state index in [1.807, 2.05) is 0 Å². The molecular formula is C18H19F2N5O4. The molecule has 0 saturated heterocycles. The normalized spacial score (nSPS) is 11.2. The number of imidazole rings is 1. The molecule has 11 heteroatoms. The van der Waals surface area contributed by atoms with Crippen molar-refractivity contribution in [3.8, 4) is 5.75 Å². The number of amides is 1. The van der Waals surface area contributed by atoms with E-state index >= 15 is 0 Å². The van der Waals surface area contributed by atoms with E-state index in [4.69, 9.17) is 0 Å². The number of halogens is 2. The molecule has 154 valence electrons. The van der Waals surface area contributed by atoms with Crippen LogP contribution < -0.4 is 16.0 Å². The van der Waals surface area contributed by atoms with Crippen LogP contribution in [0, 0.1) is 0 Å². The first-order chi connectivity index (χ1) is 13.7. The highest BCUT2D eigenvalue weighted by molar-refractivity contribution is 5.78. The second-order valence-corrected chi connectivity index (χ2v) is 6.52. The van der Waals surface area contributed by atoms with E-state index in [0.717, 1.165) is 10.1 Å². The fraction of sp³-hybridized carbons (Fsp3) is 0.333. The predicted octanol–water partition coefficient (Wildman–Crippen LogP) is 0.694. The second kappa shape index (κ2) is 7.86. The van der Waals surface area contributed by atoms with Crippen molar-refractivity contribution < 1.29 is 18.3 Å². The average molecular weight is 407 g/mol. The lowest BCUT2D eigenvalue weighted by Gasteiger charge is -2.18. The Morgan fingerprint density at radius 2 is 1.83 bits per heavy atom. The van der Waals surface area contributed by atoms with Gasteiger partial charge in [-0.1, -0.05) is 12.1 Å². The van der Waals surface area contributed by atoms with Crippen molar-refractivity contribution in [1.82, 2.24) is 23.6 Å². The first-order valence-corrected chi connectivity index (χ1v) is 8.57. The zero-order valence-electron chi connectivity index (χ0n) is 16.0. The number of ether oxygens (including phenoxy) is 1. The molecule has 0 atom stereocenters. The van der Waals surface area contributed by atoms with Gasteiger partial charge in [0.05, 0.1) is 6.33 Å². The van der Waals surface area contributed by atoms with Gasteiger partial charge in [-0.05, 0) is 17.7 Å². The summed E-state index contributed by atoms with van der Waals surface area (Å²) in [7, 11) is 4.44. The summed E-state index contributed by atoms with van der Waals surface area (Å²) in [6.07, 6.45) is 1.34. The van der Waals surface area contributed by atoms with Gasteiger partial charge in [0.15, 0.2) is 11.2 Å². The first kappa shape index (κ1) is 20.2. The van der Waals surface area contributed by atoms with Gasteiger partial charge >= 0.3 is 12.3 Å². The summed E-state index contributed by atoms with van der Waals surface area (Å²) in [5.41, 5.74) is 0.0328. The fourth-order valence-corrected chi connectivity index (χ4v) is 2.92. The standard InChI is InChI=1S/C18H19F2N5O4/c1-22(8-11-4-6-12(7-5-11)29-17(19)20)13(26)9-25-10-21-15-14(25)16(27)24(3)18(28)23(15)2/h4-7,10,17H,8-9H2,1-3H3. The molecule has 0 spiro atoms. The molecule has 1 aromatic carbocycles. The maximum absolute atomic E-state index is 12.6. The molecule has 9 nitrogen and oxygen atoms in total. The third kappa shape index (κ3) is 4.03. The topological polar surface area (TPSA) is 91.4 Å². The molecule has 1 amide bonds. The number of hydrogen-bond donors (Lipinski definition) is 0. The zero-order valence-corrected chi connectivity index (χ0v) is 16.0. The molecule has 3 rings (SSSR count). The number of nitrogens with zero attached hydrogens (tertiary/aromatic N) is 5. The fourth-order valence-electron chi connectivity index (χ4n) is 2.92. The zero-order chi connectivity index (χ0) is 21.3. The SMILES string of the molecule is CN(Cc1ccc(OC(F)F)cc1)C(=O)Cn1cnc2c1c(=O)n(C)c(=O)n2C. The van der Waals surface area contributed by atoms with E-state index in [-0.39, 0.29) is 35.9 Å².